The summed E-state index contributed by atoms with van der Waals surface area (Å²) in [6.45, 7) is 5.49. The van der Waals surface area contributed by atoms with Crippen LogP contribution in [0.4, 0.5) is 4.79 Å². The van der Waals surface area contributed by atoms with Crippen molar-refractivity contribution in [1.29, 1.82) is 0 Å². The molecule has 5 nitrogen and oxygen atoms in total. The summed E-state index contributed by atoms with van der Waals surface area (Å²) in [4.78, 5) is 18.3. The Balaban J connectivity index is 1.70. The van der Waals surface area contributed by atoms with E-state index in [0.717, 1.165) is 36.4 Å². The van der Waals surface area contributed by atoms with E-state index in [1.54, 1.807) is 23.3 Å². The number of hydrogen-bond donors (Lipinski definition) is 2. The number of thiazole rings is 1. The number of carbonyl (C=O) groups excluding carboxylic acids is 1. The summed E-state index contributed by atoms with van der Waals surface area (Å²) in [6, 6.07) is -0.0709. The van der Waals surface area contributed by atoms with E-state index in [1.807, 2.05) is 0 Å². The van der Waals surface area contributed by atoms with Crippen molar-refractivity contribution in [1.82, 2.24) is 15.2 Å². The molecule has 1 fully saturated rings. The van der Waals surface area contributed by atoms with Crippen LogP contribution in [0.3, 0.4) is 0 Å². The van der Waals surface area contributed by atoms with Crippen molar-refractivity contribution in [3.63, 3.8) is 0 Å². The fourth-order valence-corrected chi connectivity index (χ4v) is 3.67. The molecule has 1 aliphatic rings. The van der Waals surface area contributed by atoms with Crippen molar-refractivity contribution in [2.24, 2.45) is 5.92 Å². The maximum Gasteiger partial charge on any atom is 0.317 e. The zero-order valence-electron chi connectivity index (χ0n) is 13.7. The number of aliphatic hydroxyl groups excluding tert-OH is 1. The average Bonchev–Trinajstić information content (AvgIpc) is 3.09. The third-order valence-electron chi connectivity index (χ3n) is 4.19. The Morgan fingerprint density at radius 3 is 2.91 bits per heavy atom. The SMILES string of the molecule is CC(C)c1nc(CCNC(=O)N(C)CC2CCCC2O)cs1. The van der Waals surface area contributed by atoms with Crippen LogP contribution in [0.2, 0.25) is 0 Å². The number of nitrogens with zero attached hydrogens (tertiary/aromatic N) is 2. The van der Waals surface area contributed by atoms with Crippen molar-refractivity contribution in [2.45, 2.75) is 51.6 Å². The minimum Gasteiger partial charge on any atom is -0.393 e. The van der Waals surface area contributed by atoms with E-state index in [4.69, 9.17) is 0 Å². The number of rotatable bonds is 6. The molecule has 0 spiro atoms. The van der Waals surface area contributed by atoms with Gasteiger partial charge in [0.1, 0.15) is 0 Å². The highest BCUT2D eigenvalue weighted by molar-refractivity contribution is 7.09. The Hall–Kier alpha value is -1.14. The van der Waals surface area contributed by atoms with Crippen LogP contribution in [0.1, 0.15) is 49.7 Å². The lowest BCUT2D eigenvalue weighted by Crippen LogP contribution is -2.41. The van der Waals surface area contributed by atoms with Crippen LogP contribution >= 0.6 is 11.3 Å². The fourth-order valence-electron chi connectivity index (χ4n) is 2.80. The molecule has 2 atom stereocenters. The topological polar surface area (TPSA) is 65.5 Å². The van der Waals surface area contributed by atoms with Crippen LogP contribution in [0.15, 0.2) is 5.38 Å². The van der Waals surface area contributed by atoms with E-state index >= 15 is 0 Å². The number of aliphatic hydroxyl groups is 1. The highest BCUT2D eigenvalue weighted by atomic mass is 32.1. The van der Waals surface area contributed by atoms with Crippen molar-refractivity contribution < 1.29 is 9.90 Å². The van der Waals surface area contributed by atoms with Crippen molar-refractivity contribution in [2.75, 3.05) is 20.1 Å². The molecule has 0 radical (unpaired) electrons. The first-order valence-corrected chi connectivity index (χ1v) is 8.96. The zero-order chi connectivity index (χ0) is 16.1. The molecule has 1 aromatic rings. The van der Waals surface area contributed by atoms with Crippen LogP contribution in [0, 0.1) is 5.92 Å². The molecule has 1 saturated carbocycles. The van der Waals surface area contributed by atoms with Crippen LogP contribution in [-0.2, 0) is 6.42 Å². The predicted molar refractivity (Wildman–Crippen MR) is 89.3 cm³/mol. The molecule has 22 heavy (non-hydrogen) atoms. The largest absolute Gasteiger partial charge is 0.393 e. The Morgan fingerprint density at radius 2 is 2.32 bits per heavy atom. The Labute approximate surface area is 136 Å². The first-order valence-electron chi connectivity index (χ1n) is 8.08. The van der Waals surface area contributed by atoms with Crippen LogP contribution < -0.4 is 5.32 Å². The third kappa shape index (κ3) is 4.68. The van der Waals surface area contributed by atoms with Gasteiger partial charge in [0.2, 0.25) is 0 Å². The lowest BCUT2D eigenvalue weighted by molar-refractivity contribution is 0.114. The molecule has 0 bridgehead atoms. The summed E-state index contributed by atoms with van der Waals surface area (Å²) in [7, 11) is 1.79. The molecular weight excluding hydrogens is 298 g/mol. The van der Waals surface area contributed by atoms with E-state index in [1.165, 1.54) is 0 Å². The summed E-state index contributed by atoms with van der Waals surface area (Å²) in [5.41, 5.74) is 1.04. The van der Waals surface area contributed by atoms with Crippen molar-refractivity contribution in [3.05, 3.63) is 16.1 Å². The van der Waals surface area contributed by atoms with Gasteiger partial charge in [-0.15, -0.1) is 11.3 Å². The van der Waals surface area contributed by atoms with Gasteiger partial charge in [0.25, 0.3) is 0 Å². The second kappa shape index (κ2) is 7.92. The number of hydrogen-bond acceptors (Lipinski definition) is 4. The molecule has 2 N–H and O–H groups in total. The molecule has 6 heteroatoms. The second-order valence-corrected chi connectivity index (χ2v) is 7.34. The van der Waals surface area contributed by atoms with Gasteiger partial charge < -0.3 is 15.3 Å². The third-order valence-corrected chi connectivity index (χ3v) is 5.39. The van der Waals surface area contributed by atoms with Gasteiger partial charge in [0.15, 0.2) is 0 Å². The maximum absolute atomic E-state index is 12.1. The van der Waals surface area contributed by atoms with Crippen molar-refractivity contribution >= 4 is 17.4 Å². The van der Waals surface area contributed by atoms with Crippen LogP contribution in [0.25, 0.3) is 0 Å². The predicted octanol–water partition coefficient (Wildman–Crippen LogP) is 2.61. The zero-order valence-corrected chi connectivity index (χ0v) is 14.5. The fraction of sp³-hybridized carbons (Fsp3) is 0.750. The van der Waals surface area contributed by atoms with Gasteiger partial charge in [-0.05, 0) is 12.8 Å². The highest BCUT2D eigenvalue weighted by Gasteiger charge is 2.27. The standard InChI is InChI=1S/C16H27N3O2S/c1-11(2)15-18-13(10-22-15)7-8-17-16(21)19(3)9-12-5-4-6-14(12)20/h10-12,14,20H,4-9H2,1-3H3,(H,17,21). The van der Waals surface area contributed by atoms with Gasteiger partial charge in [0.05, 0.1) is 16.8 Å². The first kappa shape index (κ1) is 17.2. The molecule has 0 aromatic carbocycles. The Kier molecular flexibility index (Phi) is 6.20. The summed E-state index contributed by atoms with van der Waals surface area (Å²) in [6.07, 6.45) is 3.44. The van der Waals surface area contributed by atoms with Crippen LogP contribution in [-0.4, -0.2) is 47.3 Å². The van der Waals surface area contributed by atoms with Crippen LogP contribution in [0.5, 0.6) is 0 Å². The molecule has 1 aromatic heterocycles. The molecule has 0 aliphatic heterocycles. The summed E-state index contributed by atoms with van der Waals surface area (Å²) in [5.74, 6) is 0.681. The van der Waals surface area contributed by atoms with E-state index in [0.29, 0.717) is 19.0 Å². The Morgan fingerprint density at radius 1 is 1.55 bits per heavy atom. The van der Waals surface area contributed by atoms with Gasteiger partial charge in [-0.25, -0.2) is 9.78 Å². The minimum atomic E-state index is -0.250. The molecule has 1 heterocycles. The first-order chi connectivity index (χ1) is 10.5. The lowest BCUT2D eigenvalue weighted by atomic mass is 10.1. The molecule has 2 amide bonds. The number of nitrogens with one attached hydrogen (secondary N) is 1. The summed E-state index contributed by atoms with van der Waals surface area (Å²) < 4.78 is 0. The normalized spacial score (nSPS) is 21.3. The second-order valence-electron chi connectivity index (χ2n) is 6.45. The molecule has 2 rings (SSSR count). The number of aromatic nitrogens is 1. The molecule has 0 saturated heterocycles. The van der Waals surface area contributed by atoms with E-state index < -0.39 is 0 Å². The van der Waals surface area contributed by atoms with E-state index in [2.05, 4.69) is 29.5 Å². The summed E-state index contributed by atoms with van der Waals surface area (Å²) in [5, 5.41) is 16.0. The monoisotopic (exact) mass is 325 g/mol. The quantitative estimate of drug-likeness (QED) is 0.845. The number of carbonyl (C=O) groups is 1. The van der Waals surface area contributed by atoms with Gasteiger partial charge >= 0.3 is 6.03 Å². The summed E-state index contributed by atoms with van der Waals surface area (Å²) >= 11 is 1.68. The number of urea groups is 1. The van der Waals surface area contributed by atoms with Gasteiger partial charge in [-0.1, -0.05) is 20.3 Å². The maximum atomic E-state index is 12.1. The van der Waals surface area contributed by atoms with Gasteiger partial charge in [0, 0.05) is 43.8 Å². The Bertz CT molecular complexity index is 489. The van der Waals surface area contributed by atoms with Crippen molar-refractivity contribution in [3.8, 4) is 0 Å². The number of amides is 2. The lowest BCUT2D eigenvalue weighted by Gasteiger charge is -2.23. The van der Waals surface area contributed by atoms with E-state index in [-0.39, 0.29) is 18.1 Å². The smallest absolute Gasteiger partial charge is 0.317 e. The van der Waals surface area contributed by atoms with Gasteiger partial charge in [-0.3, -0.25) is 0 Å². The average molecular weight is 325 g/mol. The van der Waals surface area contributed by atoms with Gasteiger partial charge in [-0.2, -0.15) is 0 Å². The molecule has 2 unspecified atom stereocenters. The minimum absolute atomic E-state index is 0.0709. The molecule has 124 valence electrons. The van der Waals surface area contributed by atoms with E-state index in [9.17, 15) is 9.90 Å². The molecule has 1 aliphatic carbocycles. The highest BCUT2D eigenvalue weighted by Crippen LogP contribution is 2.26. The molecular formula is C16H27N3O2S.